The van der Waals surface area contributed by atoms with E-state index in [1.807, 2.05) is 6.07 Å². The van der Waals surface area contributed by atoms with Crippen LogP contribution in [-0.2, 0) is 6.42 Å². The van der Waals surface area contributed by atoms with Gasteiger partial charge in [-0.15, -0.1) is 0 Å². The lowest BCUT2D eigenvalue weighted by molar-refractivity contribution is 0.0696. The zero-order valence-electron chi connectivity index (χ0n) is 10.3. The molecule has 102 valence electrons. The fourth-order valence-corrected chi connectivity index (χ4v) is 1.56. The largest absolute Gasteiger partial charge is 0.478 e. The first-order valence-corrected chi connectivity index (χ1v) is 6.45. The van der Waals surface area contributed by atoms with Crippen molar-refractivity contribution in [2.75, 3.05) is 13.1 Å². The molecule has 1 rings (SSSR count). The van der Waals surface area contributed by atoms with E-state index in [-0.39, 0.29) is 11.6 Å². The minimum absolute atomic E-state index is 0.248. The second kappa shape index (κ2) is 7.58. The predicted octanol–water partition coefficient (Wildman–Crippen LogP) is 2.14. The molecule has 0 saturated carbocycles. The van der Waals surface area contributed by atoms with Crippen molar-refractivity contribution >= 4 is 27.9 Å². The van der Waals surface area contributed by atoms with E-state index in [1.165, 1.54) is 6.07 Å². The van der Waals surface area contributed by atoms with Gasteiger partial charge in [0.1, 0.15) is 0 Å². The second-order valence-corrected chi connectivity index (χ2v) is 5.00. The SMILES string of the molecule is C=C(Br)CNC(=O)NCCc1cccc(C(=O)O)c1. The Morgan fingerprint density at radius 2 is 2.05 bits per heavy atom. The average molecular weight is 327 g/mol. The van der Waals surface area contributed by atoms with Crippen LogP contribution < -0.4 is 10.6 Å². The van der Waals surface area contributed by atoms with E-state index in [0.29, 0.717) is 24.0 Å². The third-order valence-electron chi connectivity index (χ3n) is 2.31. The van der Waals surface area contributed by atoms with Crippen LogP contribution in [0.5, 0.6) is 0 Å². The average Bonchev–Trinajstić information content (AvgIpc) is 2.36. The Balaban J connectivity index is 2.36. The van der Waals surface area contributed by atoms with E-state index in [4.69, 9.17) is 5.11 Å². The van der Waals surface area contributed by atoms with Crippen LogP contribution in [0, 0.1) is 0 Å². The van der Waals surface area contributed by atoms with E-state index in [9.17, 15) is 9.59 Å². The van der Waals surface area contributed by atoms with Crippen molar-refractivity contribution < 1.29 is 14.7 Å². The van der Waals surface area contributed by atoms with Gasteiger partial charge in [-0.2, -0.15) is 0 Å². The molecular weight excluding hydrogens is 312 g/mol. The van der Waals surface area contributed by atoms with Crippen molar-refractivity contribution in [3.63, 3.8) is 0 Å². The molecule has 0 heterocycles. The first kappa shape index (κ1) is 15.2. The number of carbonyl (C=O) groups is 2. The number of nitrogens with one attached hydrogen (secondary N) is 2. The van der Waals surface area contributed by atoms with Crippen molar-refractivity contribution in [2.45, 2.75) is 6.42 Å². The van der Waals surface area contributed by atoms with Crippen LogP contribution in [0.2, 0.25) is 0 Å². The molecule has 0 unspecified atom stereocenters. The van der Waals surface area contributed by atoms with Gasteiger partial charge < -0.3 is 15.7 Å². The maximum absolute atomic E-state index is 11.3. The molecule has 0 fully saturated rings. The fourth-order valence-electron chi connectivity index (χ4n) is 1.42. The number of halogens is 1. The van der Waals surface area contributed by atoms with E-state index in [0.717, 1.165) is 5.56 Å². The normalized spacial score (nSPS) is 9.74. The number of carbonyl (C=O) groups excluding carboxylic acids is 1. The molecule has 0 aliphatic carbocycles. The van der Waals surface area contributed by atoms with Gasteiger partial charge in [0, 0.05) is 11.0 Å². The molecule has 6 heteroatoms. The molecule has 0 bridgehead atoms. The summed E-state index contributed by atoms with van der Waals surface area (Å²) in [5.74, 6) is -0.955. The second-order valence-electron chi connectivity index (χ2n) is 3.88. The summed E-state index contributed by atoms with van der Waals surface area (Å²) in [6.07, 6.45) is 0.573. The van der Waals surface area contributed by atoms with Crippen molar-refractivity contribution in [3.8, 4) is 0 Å². The smallest absolute Gasteiger partial charge is 0.335 e. The van der Waals surface area contributed by atoms with E-state index in [2.05, 4.69) is 33.1 Å². The molecule has 0 atom stereocenters. The van der Waals surface area contributed by atoms with Crippen LogP contribution in [-0.4, -0.2) is 30.2 Å². The molecule has 0 saturated heterocycles. The Morgan fingerprint density at radius 3 is 2.68 bits per heavy atom. The quantitative estimate of drug-likeness (QED) is 0.749. The highest BCUT2D eigenvalue weighted by Crippen LogP contribution is 2.05. The molecular formula is C13H15BrN2O3. The zero-order chi connectivity index (χ0) is 14.3. The summed E-state index contributed by atoms with van der Waals surface area (Å²) in [6, 6.07) is 6.37. The van der Waals surface area contributed by atoms with Crippen LogP contribution in [0.15, 0.2) is 35.3 Å². The number of benzene rings is 1. The third kappa shape index (κ3) is 6.05. The Hall–Kier alpha value is -1.82. The van der Waals surface area contributed by atoms with Gasteiger partial charge in [0.25, 0.3) is 0 Å². The van der Waals surface area contributed by atoms with Gasteiger partial charge in [-0.05, 0) is 24.1 Å². The van der Waals surface area contributed by atoms with Crippen molar-refractivity contribution in [1.29, 1.82) is 0 Å². The van der Waals surface area contributed by atoms with Crippen LogP contribution in [0.25, 0.3) is 0 Å². The molecule has 0 aromatic heterocycles. The van der Waals surface area contributed by atoms with E-state index >= 15 is 0 Å². The summed E-state index contributed by atoms with van der Waals surface area (Å²) in [6.45, 7) is 4.40. The molecule has 0 aliphatic heterocycles. The summed E-state index contributed by atoms with van der Waals surface area (Å²) < 4.78 is 0.691. The van der Waals surface area contributed by atoms with Gasteiger partial charge in [-0.25, -0.2) is 9.59 Å². The van der Waals surface area contributed by atoms with Gasteiger partial charge in [-0.1, -0.05) is 34.6 Å². The number of carboxylic acids is 1. The Bertz CT molecular complexity index is 489. The topological polar surface area (TPSA) is 78.4 Å². The van der Waals surface area contributed by atoms with Gasteiger partial charge >= 0.3 is 12.0 Å². The summed E-state index contributed by atoms with van der Waals surface area (Å²) in [7, 11) is 0. The summed E-state index contributed by atoms with van der Waals surface area (Å²) in [5.41, 5.74) is 1.11. The zero-order valence-corrected chi connectivity index (χ0v) is 11.9. The predicted molar refractivity (Wildman–Crippen MR) is 76.6 cm³/mol. The molecule has 1 aromatic carbocycles. The number of amides is 2. The molecule has 0 radical (unpaired) electrons. The van der Waals surface area contributed by atoms with Gasteiger partial charge in [0.2, 0.25) is 0 Å². The summed E-state index contributed by atoms with van der Waals surface area (Å²) >= 11 is 3.14. The minimum Gasteiger partial charge on any atom is -0.478 e. The number of rotatable bonds is 6. The highest BCUT2D eigenvalue weighted by molar-refractivity contribution is 9.11. The molecule has 1 aromatic rings. The molecule has 5 nitrogen and oxygen atoms in total. The highest BCUT2D eigenvalue weighted by Gasteiger charge is 2.04. The number of hydrogen-bond donors (Lipinski definition) is 3. The monoisotopic (exact) mass is 326 g/mol. The molecule has 19 heavy (non-hydrogen) atoms. The standard InChI is InChI=1S/C13H15BrN2O3/c1-9(14)8-16-13(19)15-6-5-10-3-2-4-11(7-10)12(17)18/h2-4,7H,1,5-6,8H2,(H,17,18)(H2,15,16,19). The first-order chi connectivity index (χ1) is 8.99. The van der Waals surface area contributed by atoms with Crippen molar-refractivity contribution in [2.24, 2.45) is 0 Å². The number of aromatic carboxylic acids is 1. The van der Waals surface area contributed by atoms with E-state index in [1.54, 1.807) is 12.1 Å². The number of hydrogen-bond acceptors (Lipinski definition) is 2. The number of carboxylic acid groups (broad SMARTS) is 1. The number of urea groups is 1. The lowest BCUT2D eigenvalue weighted by atomic mass is 10.1. The van der Waals surface area contributed by atoms with Crippen LogP contribution in [0.1, 0.15) is 15.9 Å². The van der Waals surface area contributed by atoms with Crippen LogP contribution in [0.4, 0.5) is 4.79 Å². The molecule has 0 spiro atoms. The Kier molecular flexibility index (Phi) is 6.08. The first-order valence-electron chi connectivity index (χ1n) is 5.66. The van der Waals surface area contributed by atoms with Gasteiger partial charge in [0.15, 0.2) is 0 Å². The molecule has 2 amide bonds. The maximum atomic E-state index is 11.3. The highest BCUT2D eigenvalue weighted by atomic mass is 79.9. The van der Waals surface area contributed by atoms with Gasteiger partial charge in [0.05, 0.1) is 12.1 Å². The summed E-state index contributed by atoms with van der Waals surface area (Å²) in [5, 5.41) is 14.1. The fraction of sp³-hybridized carbons (Fsp3) is 0.231. The third-order valence-corrected chi connectivity index (χ3v) is 2.59. The molecule has 3 N–H and O–H groups in total. The van der Waals surface area contributed by atoms with Gasteiger partial charge in [-0.3, -0.25) is 0 Å². The van der Waals surface area contributed by atoms with E-state index < -0.39 is 5.97 Å². The Morgan fingerprint density at radius 1 is 1.32 bits per heavy atom. The Labute approximate surface area is 119 Å². The lowest BCUT2D eigenvalue weighted by Gasteiger charge is -2.07. The minimum atomic E-state index is -0.955. The lowest BCUT2D eigenvalue weighted by Crippen LogP contribution is -2.37. The summed E-state index contributed by atoms with van der Waals surface area (Å²) in [4.78, 5) is 22.1. The maximum Gasteiger partial charge on any atom is 0.335 e. The van der Waals surface area contributed by atoms with Crippen LogP contribution >= 0.6 is 15.9 Å². The molecule has 0 aliphatic rings. The van der Waals surface area contributed by atoms with Crippen molar-refractivity contribution in [1.82, 2.24) is 10.6 Å². The van der Waals surface area contributed by atoms with Crippen LogP contribution in [0.3, 0.4) is 0 Å². The van der Waals surface area contributed by atoms with Crippen molar-refractivity contribution in [3.05, 3.63) is 46.5 Å².